The minimum Gasteiger partial charge on any atom is -0.331 e. The van der Waals surface area contributed by atoms with Crippen LogP contribution in [0.2, 0.25) is 0 Å². The zero-order valence-corrected chi connectivity index (χ0v) is 12.5. The predicted molar refractivity (Wildman–Crippen MR) is 84.2 cm³/mol. The summed E-state index contributed by atoms with van der Waals surface area (Å²) in [7, 11) is 2.01. The van der Waals surface area contributed by atoms with Gasteiger partial charge < -0.3 is 4.57 Å². The maximum absolute atomic E-state index is 9.21. The zero-order chi connectivity index (χ0) is 15.0. The summed E-state index contributed by atoms with van der Waals surface area (Å²) in [4.78, 5) is 4.69. The van der Waals surface area contributed by atoms with Crippen LogP contribution in [0.1, 0.15) is 28.1 Å². The van der Waals surface area contributed by atoms with Gasteiger partial charge in [-0.05, 0) is 37.1 Å². The van der Waals surface area contributed by atoms with Crippen molar-refractivity contribution in [2.24, 2.45) is 7.05 Å². The number of aryl methyl sites for hydroxylation is 3. The normalized spacial score (nSPS) is 10.8. The molecule has 1 heterocycles. The summed E-state index contributed by atoms with van der Waals surface area (Å²) >= 11 is 0. The summed E-state index contributed by atoms with van der Waals surface area (Å²) in [5.74, 6) is 0.987. The van der Waals surface area contributed by atoms with E-state index in [1.807, 2.05) is 25.2 Å². The number of para-hydroxylation sites is 1. The van der Waals surface area contributed by atoms with E-state index in [-0.39, 0.29) is 0 Å². The minimum atomic E-state index is 0.635. The summed E-state index contributed by atoms with van der Waals surface area (Å²) < 4.78 is 2.08. The third-order valence-corrected chi connectivity index (χ3v) is 3.98. The lowest BCUT2D eigenvalue weighted by Crippen LogP contribution is -2.00. The number of fused-ring (bicyclic) bond motifs is 1. The van der Waals surface area contributed by atoms with Gasteiger partial charge in [0.15, 0.2) is 0 Å². The van der Waals surface area contributed by atoms with Crippen molar-refractivity contribution in [3.63, 3.8) is 0 Å². The first-order valence-corrected chi connectivity index (χ1v) is 7.00. The van der Waals surface area contributed by atoms with E-state index in [0.29, 0.717) is 5.56 Å². The van der Waals surface area contributed by atoms with E-state index in [1.165, 1.54) is 16.7 Å². The Kier molecular flexibility index (Phi) is 3.23. The van der Waals surface area contributed by atoms with Gasteiger partial charge in [-0.25, -0.2) is 4.98 Å². The standard InChI is InChI=1S/C18H17N3/c1-12-7-8-13(2)15(9-12)10-17-20-18-14(11-19)5-4-6-16(18)21(17)3/h4-9H,10H2,1-3H3. The van der Waals surface area contributed by atoms with Crippen molar-refractivity contribution in [3.05, 3.63) is 64.5 Å². The van der Waals surface area contributed by atoms with Gasteiger partial charge in [0.1, 0.15) is 17.4 Å². The number of benzene rings is 2. The third-order valence-electron chi connectivity index (χ3n) is 3.98. The largest absolute Gasteiger partial charge is 0.331 e. The van der Waals surface area contributed by atoms with Crippen LogP contribution in [0.25, 0.3) is 11.0 Å². The molecule has 0 aliphatic heterocycles. The molecule has 0 radical (unpaired) electrons. The fourth-order valence-corrected chi connectivity index (χ4v) is 2.67. The highest BCUT2D eigenvalue weighted by molar-refractivity contribution is 5.82. The highest BCUT2D eigenvalue weighted by Gasteiger charge is 2.12. The van der Waals surface area contributed by atoms with E-state index >= 15 is 0 Å². The topological polar surface area (TPSA) is 41.6 Å². The van der Waals surface area contributed by atoms with Crippen LogP contribution in [0.5, 0.6) is 0 Å². The number of rotatable bonds is 2. The Balaban J connectivity index is 2.12. The summed E-state index contributed by atoms with van der Waals surface area (Å²) in [6, 6.07) is 14.4. The van der Waals surface area contributed by atoms with Crippen molar-refractivity contribution in [1.82, 2.24) is 9.55 Å². The number of nitriles is 1. The van der Waals surface area contributed by atoms with Crippen LogP contribution in [-0.2, 0) is 13.5 Å². The molecule has 21 heavy (non-hydrogen) atoms. The number of hydrogen-bond acceptors (Lipinski definition) is 2. The first kappa shape index (κ1) is 13.4. The second-order valence-corrected chi connectivity index (χ2v) is 5.48. The second-order valence-electron chi connectivity index (χ2n) is 5.48. The van der Waals surface area contributed by atoms with E-state index < -0.39 is 0 Å². The molecule has 0 fully saturated rings. The van der Waals surface area contributed by atoms with Crippen molar-refractivity contribution in [3.8, 4) is 6.07 Å². The molecule has 0 aliphatic rings. The van der Waals surface area contributed by atoms with Crippen molar-refractivity contribution >= 4 is 11.0 Å². The number of aromatic nitrogens is 2. The number of hydrogen-bond donors (Lipinski definition) is 0. The zero-order valence-electron chi connectivity index (χ0n) is 12.5. The van der Waals surface area contributed by atoms with Crippen LogP contribution in [-0.4, -0.2) is 9.55 Å². The Morgan fingerprint density at radius 2 is 2.00 bits per heavy atom. The lowest BCUT2D eigenvalue weighted by atomic mass is 10.0. The van der Waals surface area contributed by atoms with E-state index in [4.69, 9.17) is 0 Å². The van der Waals surface area contributed by atoms with E-state index in [2.05, 4.69) is 47.7 Å². The molecule has 0 saturated carbocycles. The monoisotopic (exact) mass is 275 g/mol. The van der Waals surface area contributed by atoms with Crippen molar-refractivity contribution in [1.29, 1.82) is 5.26 Å². The molecular formula is C18H17N3. The van der Waals surface area contributed by atoms with Gasteiger partial charge in [0.05, 0.1) is 11.1 Å². The maximum atomic E-state index is 9.21. The third kappa shape index (κ3) is 2.30. The average Bonchev–Trinajstić information content (AvgIpc) is 2.80. The molecule has 0 N–H and O–H groups in total. The molecule has 3 rings (SSSR count). The molecule has 0 spiro atoms. The van der Waals surface area contributed by atoms with Gasteiger partial charge in [0.2, 0.25) is 0 Å². The van der Waals surface area contributed by atoms with Crippen LogP contribution < -0.4 is 0 Å². The lowest BCUT2D eigenvalue weighted by Gasteiger charge is -2.07. The van der Waals surface area contributed by atoms with Crippen LogP contribution in [0.15, 0.2) is 36.4 Å². The first-order valence-electron chi connectivity index (χ1n) is 7.00. The van der Waals surface area contributed by atoms with Gasteiger partial charge in [-0.15, -0.1) is 0 Å². The van der Waals surface area contributed by atoms with Crippen molar-refractivity contribution < 1.29 is 0 Å². The smallest absolute Gasteiger partial charge is 0.114 e. The molecule has 1 aromatic heterocycles. The van der Waals surface area contributed by atoms with E-state index in [9.17, 15) is 5.26 Å². The molecule has 3 aromatic rings. The van der Waals surface area contributed by atoms with E-state index in [1.54, 1.807) is 0 Å². The van der Waals surface area contributed by atoms with Gasteiger partial charge in [0, 0.05) is 13.5 Å². The van der Waals surface area contributed by atoms with Crippen molar-refractivity contribution in [2.45, 2.75) is 20.3 Å². The number of nitrogens with zero attached hydrogens (tertiary/aromatic N) is 3. The van der Waals surface area contributed by atoms with E-state index in [0.717, 1.165) is 23.3 Å². The molecular weight excluding hydrogens is 258 g/mol. The Labute approximate surface area is 124 Å². The molecule has 0 saturated heterocycles. The summed E-state index contributed by atoms with van der Waals surface area (Å²) in [6.45, 7) is 4.23. The summed E-state index contributed by atoms with van der Waals surface area (Å²) in [5.41, 5.74) is 6.25. The molecule has 0 aliphatic carbocycles. The van der Waals surface area contributed by atoms with Crippen LogP contribution in [0, 0.1) is 25.2 Å². The first-order chi connectivity index (χ1) is 10.1. The summed E-state index contributed by atoms with van der Waals surface area (Å²) in [5, 5.41) is 9.21. The molecule has 0 atom stereocenters. The average molecular weight is 275 g/mol. The molecule has 3 nitrogen and oxygen atoms in total. The fraction of sp³-hybridized carbons (Fsp3) is 0.222. The highest BCUT2D eigenvalue weighted by Crippen LogP contribution is 2.21. The maximum Gasteiger partial charge on any atom is 0.114 e. The second kappa shape index (κ2) is 5.06. The molecule has 2 aromatic carbocycles. The van der Waals surface area contributed by atoms with Gasteiger partial charge in [-0.3, -0.25) is 0 Å². The van der Waals surface area contributed by atoms with Gasteiger partial charge in [-0.2, -0.15) is 5.26 Å². The molecule has 104 valence electrons. The quantitative estimate of drug-likeness (QED) is 0.716. The van der Waals surface area contributed by atoms with Crippen LogP contribution in [0.4, 0.5) is 0 Å². The Morgan fingerprint density at radius 3 is 2.76 bits per heavy atom. The lowest BCUT2D eigenvalue weighted by molar-refractivity contribution is 0.841. The predicted octanol–water partition coefficient (Wildman–Crippen LogP) is 3.65. The highest BCUT2D eigenvalue weighted by atomic mass is 15.1. The Bertz CT molecular complexity index is 866. The molecule has 0 amide bonds. The van der Waals surface area contributed by atoms with Crippen LogP contribution in [0.3, 0.4) is 0 Å². The number of imidazole rings is 1. The SMILES string of the molecule is Cc1ccc(C)c(Cc2nc3c(C#N)cccc3n2C)c1. The Morgan fingerprint density at radius 1 is 1.19 bits per heavy atom. The molecule has 0 unspecified atom stereocenters. The summed E-state index contributed by atoms with van der Waals surface area (Å²) in [6.07, 6.45) is 0.781. The van der Waals surface area contributed by atoms with Gasteiger partial charge in [0.25, 0.3) is 0 Å². The van der Waals surface area contributed by atoms with Gasteiger partial charge in [-0.1, -0.05) is 29.8 Å². The van der Waals surface area contributed by atoms with Crippen molar-refractivity contribution in [2.75, 3.05) is 0 Å². The minimum absolute atomic E-state index is 0.635. The fourth-order valence-electron chi connectivity index (χ4n) is 2.67. The molecule has 3 heteroatoms. The van der Waals surface area contributed by atoms with Crippen LogP contribution >= 0.6 is 0 Å². The molecule has 0 bridgehead atoms. The van der Waals surface area contributed by atoms with Gasteiger partial charge >= 0.3 is 0 Å². The Hall–Kier alpha value is -2.60.